The number of aromatic nitrogens is 5. The molecule has 1 fully saturated rings. The number of piperazine rings is 1. The Morgan fingerprint density at radius 2 is 1.89 bits per heavy atom. The summed E-state index contributed by atoms with van der Waals surface area (Å²) in [7, 11) is 0. The van der Waals surface area contributed by atoms with E-state index in [9.17, 15) is 4.79 Å². The molecule has 3 aromatic rings. The Kier molecular flexibility index (Phi) is 5.38. The van der Waals surface area contributed by atoms with Crippen molar-refractivity contribution < 1.29 is 0 Å². The first-order valence-electron chi connectivity index (χ1n) is 9.43. The van der Waals surface area contributed by atoms with Crippen molar-refractivity contribution in [2.75, 3.05) is 37.6 Å². The van der Waals surface area contributed by atoms with Crippen LogP contribution in [0.25, 0.3) is 11.3 Å². The molecule has 28 heavy (non-hydrogen) atoms. The second kappa shape index (κ2) is 8.26. The lowest BCUT2D eigenvalue weighted by Crippen LogP contribution is -2.48. The molecular formula is C20H23N7O. The molecule has 3 aromatic heterocycles. The van der Waals surface area contributed by atoms with E-state index in [1.807, 2.05) is 25.1 Å². The van der Waals surface area contributed by atoms with E-state index >= 15 is 0 Å². The summed E-state index contributed by atoms with van der Waals surface area (Å²) < 4.78 is 1.54. The molecule has 8 heteroatoms. The Morgan fingerprint density at radius 1 is 1.04 bits per heavy atom. The molecule has 0 atom stereocenters. The summed E-state index contributed by atoms with van der Waals surface area (Å²) in [5, 5.41) is 4.51. The van der Waals surface area contributed by atoms with Crippen molar-refractivity contribution in [3.63, 3.8) is 0 Å². The van der Waals surface area contributed by atoms with Crippen LogP contribution in [-0.2, 0) is 6.54 Å². The van der Waals surface area contributed by atoms with Crippen molar-refractivity contribution in [3.8, 4) is 11.3 Å². The molecule has 4 heterocycles. The van der Waals surface area contributed by atoms with E-state index < -0.39 is 0 Å². The van der Waals surface area contributed by atoms with Crippen LogP contribution in [0.2, 0.25) is 0 Å². The van der Waals surface area contributed by atoms with Crippen molar-refractivity contribution >= 4 is 5.82 Å². The van der Waals surface area contributed by atoms with Gasteiger partial charge >= 0.3 is 0 Å². The third kappa shape index (κ3) is 4.23. The topological polar surface area (TPSA) is 80.0 Å². The third-order valence-electron chi connectivity index (χ3n) is 4.94. The molecule has 0 aliphatic carbocycles. The van der Waals surface area contributed by atoms with Gasteiger partial charge in [0.15, 0.2) is 0 Å². The first-order chi connectivity index (χ1) is 13.7. The molecule has 0 N–H and O–H groups in total. The molecule has 1 aliphatic heterocycles. The number of anilines is 1. The Bertz CT molecular complexity index is 981. The van der Waals surface area contributed by atoms with E-state index in [2.05, 4.69) is 29.9 Å². The quantitative estimate of drug-likeness (QED) is 0.661. The fourth-order valence-electron chi connectivity index (χ4n) is 3.33. The molecule has 0 unspecified atom stereocenters. The van der Waals surface area contributed by atoms with Gasteiger partial charge in [0.25, 0.3) is 5.56 Å². The average Bonchev–Trinajstić information content (AvgIpc) is 2.74. The number of hydrogen-bond donors (Lipinski definition) is 0. The highest BCUT2D eigenvalue weighted by atomic mass is 16.1. The van der Waals surface area contributed by atoms with Gasteiger partial charge in [-0.3, -0.25) is 14.7 Å². The highest BCUT2D eigenvalue weighted by Crippen LogP contribution is 2.14. The number of pyridine rings is 1. The average molecular weight is 377 g/mol. The third-order valence-corrected chi connectivity index (χ3v) is 4.94. The van der Waals surface area contributed by atoms with E-state index in [1.165, 1.54) is 0 Å². The van der Waals surface area contributed by atoms with Gasteiger partial charge in [-0.2, -0.15) is 5.10 Å². The highest BCUT2D eigenvalue weighted by Gasteiger charge is 2.18. The summed E-state index contributed by atoms with van der Waals surface area (Å²) >= 11 is 0. The summed E-state index contributed by atoms with van der Waals surface area (Å²) in [6.07, 6.45) is 5.09. The molecule has 0 spiro atoms. The maximum atomic E-state index is 12.2. The van der Waals surface area contributed by atoms with Gasteiger partial charge in [0.2, 0.25) is 0 Å². The molecule has 0 amide bonds. The van der Waals surface area contributed by atoms with Crippen LogP contribution in [-0.4, -0.2) is 62.4 Å². The summed E-state index contributed by atoms with van der Waals surface area (Å²) in [6.45, 7) is 7.02. The van der Waals surface area contributed by atoms with Gasteiger partial charge in [0.1, 0.15) is 12.1 Å². The van der Waals surface area contributed by atoms with Crippen molar-refractivity contribution in [1.82, 2.24) is 29.6 Å². The Balaban J connectivity index is 1.36. The first-order valence-corrected chi connectivity index (χ1v) is 9.43. The smallest absolute Gasteiger partial charge is 0.266 e. The van der Waals surface area contributed by atoms with Crippen molar-refractivity contribution in [1.29, 1.82) is 0 Å². The molecule has 4 rings (SSSR count). The standard InChI is InChI=1S/C20H23N7O/c1-16-13-19(23-15-22-16)26-10-7-25(8-11-26)9-12-27-20(28)5-4-18(24-27)17-3-2-6-21-14-17/h2-6,13-15H,7-12H2,1H3. The number of nitrogens with zero attached hydrogens (tertiary/aromatic N) is 7. The predicted molar refractivity (Wildman–Crippen MR) is 107 cm³/mol. The zero-order chi connectivity index (χ0) is 19.3. The molecule has 0 radical (unpaired) electrons. The molecule has 0 saturated carbocycles. The number of hydrogen-bond acceptors (Lipinski definition) is 7. The van der Waals surface area contributed by atoms with E-state index in [0.29, 0.717) is 6.54 Å². The van der Waals surface area contributed by atoms with Crippen LogP contribution in [0.3, 0.4) is 0 Å². The highest BCUT2D eigenvalue weighted by molar-refractivity contribution is 5.56. The van der Waals surface area contributed by atoms with Crippen LogP contribution in [0, 0.1) is 6.92 Å². The minimum Gasteiger partial charge on any atom is -0.354 e. The largest absolute Gasteiger partial charge is 0.354 e. The molecule has 0 aromatic carbocycles. The second-order valence-electron chi connectivity index (χ2n) is 6.87. The summed E-state index contributed by atoms with van der Waals surface area (Å²) in [5.41, 5.74) is 2.57. The van der Waals surface area contributed by atoms with Crippen molar-refractivity contribution in [2.24, 2.45) is 0 Å². The van der Waals surface area contributed by atoms with E-state index in [-0.39, 0.29) is 5.56 Å². The molecule has 0 bridgehead atoms. The Hall–Kier alpha value is -3.13. The Labute approximate surface area is 163 Å². The summed E-state index contributed by atoms with van der Waals surface area (Å²) in [5.74, 6) is 0.981. The lowest BCUT2D eigenvalue weighted by Gasteiger charge is -2.35. The zero-order valence-corrected chi connectivity index (χ0v) is 15.9. The van der Waals surface area contributed by atoms with Gasteiger partial charge < -0.3 is 4.90 Å². The van der Waals surface area contributed by atoms with Gasteiger partial charge in [-0.05, 0) is 25.1 Å². The van der Waals surface area contributed by atoms with E-state index in [4.69, 9.17) is 0 Å². The van der Waals surface area contributed by atoms with Crippen LogP contribution in [0.5, 0.6) is 0 Å². The van der Waals surface area contributed by atoms with E-state index in [0.717, 1.165) is 55.5 Å². The molecule has 1 saturated heterocycles. The molecular weight excluding hydrogens is 354 g/mol. The van der Waals surface area contributed by atoms with Crippen LogP contribution in [0.15, 0.2) is 53.8 Å². The number of rotatable bonds is 5. The Morgan fingerprint density at radius 3 is 2.64 bits per heavy atom. The lowest BCUT2D eigenvalue weighted by molar-refractivity contribution is 0.242. The summed E-state index contributed by atoms with van der Waals surface area (Å²) in [6, 6.07) is 9.15. The minimum atomic E-state index is -0.0808. The SMILES string of the molecule is Cc1cc(N2CCN(CCn3nc(-c4cccnc4)ccc3=O)CC2)ncn1. The van der Waals surface area contributed by atoms with Gasteiger partial charge in [0.05, 0.1) is 12.2 Å². The predicted octanol–water partition coefficient (Wildman–Crippen LogP) is 1.23. The van der Waals surface area contributed by atoms with Gasteiger partial charge in [-0.15, -0.1) is 0 Å². The van der Waals surface area contributed by atoms with Gasteiger partial charge in [-0.25, -0.2) is 14.6 Å². The fraction of sp³-hybridized carbons (Fsp3) is 0.350. The van der Waals surface area contributed by atoms with Crippen LogP contribution in [0.1, 0.15) is 5.69 Å². The number of aryl methyl sites for hydroxylation is 1. The van der Waals surface area contributed by atoms with E-state index in [1.54, 1.807) is 35.5 Å². The fourth-order valence-corrected chi connectivity index (χ4v) is 3.33. The zero-order valence-electron chi connectivity index (χ0n) is 15.9. The van der Waals surface area contributed by atoms with Crippen LogP contribution in [0.4, 0.5) is 5.82 Å². The normalized spacial score (nSPS) is 15.0. The molecule has 144 valence electrons. The lowest BCUT2D eigenvalue weighted by atomic mass is 10.2. The molecule has 8 nitrogen and oxygen atoms in total. The maximum absolute atomic E-state index is 12.2. The first kappa shape index (κ1) is 18.2. The monoisotopic (exact) mass is 377 g/mol. The van der Waals surface area contributed by atoms with Crippen molar-refractivity contribution in [3.05, 3.63) is 65.1 Å². The van der Waals surface area contributed by atoms with Crippen molar-refractivity contribution in [2.45, 2.75) is 13.5 Å². The summed E-state index contributed by atoms with van der Waals surface area (Å²) in [4.78, 5) is 29.5. The maximum Gasteiger partial charge on any atom is 0.266 e. The van der Waals surface area contributed by atoms with Crippen LogP contribution < -0.4 is 10.5 Å². The van der Waals surface area contributed by atoms with Gasteiger partial charge in [-0.1, -0.05) is 0 Å². The van der Waals surface area contributed by atoms with Crippen LogP contribution >= 0.6 is 0 Å². The molecule has 1 aliphatic rings. The second-order valence-corrected chi connectivity index (χ2v) is 6.87. The van der Waals surface area contributed by atoms with Gasteiger partial charge in [0, 0.05) is 68.5 Å². The minimum absolute atomic E-state index is 0.0808.